The Hall–Kier alpha value is -2.66. The molecule has 0 unspecified atom stereocenters. The van der Waals surface area contributed by atoms with E-state index in [-0.39, 0.29) is 18.1 Å². The van der Waals surface area contributed by atoms with E-state index in [1.54, 1.807) is 34.0 Å². The van der Waals surface area contributed by atoms with E-state index in [0.29, 0.717) is 21.1 Å². The second kappa shape index (κ2) is 6.62. The number of rotatable bonds is 4. The molecule has 120 valence electrons. The largest absolute Gasteiger partial charge is 0.462 e. The van der Waals surface area contributed by atoms with Crippen LogP contribution in [0.1, 0.15) is 43.8 Å². The number of esters is 1. The molecule has 2 aromatic heterocycles. The van der Waals surface area contributed by atoms with E-state index in [2.05, 4.69) is 10.4 Å². The second-order valence-corrected chi connectivity index (χ2v) is 5.87. The number of thiophene rings is 1. The van der Waals surface area contributed by atoms with Crippen molar-refractivity contribution in [1.29, 1.82) is 5.26 Å². The minimum Gasteiger partial charge on any atom is -0.462 e. The van der Waals surface area contributed by atoms with Gasteiger partial charge < -0.3 is 10.1 Å². The summed E-state index contributed by atoms with van der Waals surface area (Å²) in [5.41, 5.74) is 1.90. The van der Waals surface area contributed by atoms with Crippen LogP contribution in [0, 0.1) is 25.2 Å². The van der Waals surface area contributed by atoms with Gasteiger partial charge in [-0.1, -0.05) is 0 Å². The number of nitriles is 1. The fourth-order valence-corrected chi connectivity index (χ4v) is 3.21. The minimum absolute atomic E-state index is 0.244. The molecule has 1 N–H and O–H groups in total. The van der Waals surface area contributed by atoms with Crippen LogP contribution in [-0.2, 0) is 11.8 Å². The predicted molar refractivity (Wildman–Crippen MR) is 85.6 cm³/mol. The molecule has 0 aliphatic heterocycles. The number of nitrogens with one attached hydrogen (secondary N) is 1. The molecule has 0 bridgehead atoms. The number of carbonyl (C=O) groups is 2. The van der Waals surface area contributed by atoms with Gasteiger partial charge in [-0.15, -0.1) is 11.3 Å². The van der Waals surface area contributed by atoms with Gasteiger partial charge in [-0.25, -0.2) is 4.79 Å². The Morgan fingerprint density at radius 1 is 1.48 bits per heavy atom. The van der Waals surface area contributed by atoms with Crippen molar-refractivity contribution in [2.45, 2.75) is 20.8 Å². The first-order valence-corrected chi connectivity index (χ1v) is 7.72. The van der Waals surface area contributed by atoms with Crippen molar-refractivity contribution in [2.75, 3.05) is 11.9 Å². The van der Waals surface area contributed by atoms with Crippen LogP contribution in [0.5, 0.6) is 0 Å². The number of amides is 1. The first kappa shape index (κ1) is 16.7. The first-order chi connectivity index (χ1) is 10.9. The molecule has 0 saturated carbocycles. The molecule has 0 aromatic carbocycles. The summed E-state index contributed by atoms with van der Waals surface area (Å²) >= 11 is 1.04. The molecule has 0 fully saturated rings. The van der Waals surface area contributed by atoms with Gasteiger partial charge in [-0.2, -0.15) is 10.4 Å². The van der Waals surface area contributed by atoms with E-state index in [1.807, 2.05) is 6.07 Å². The standard InChI is InChI=1S/C15H16N4O3S/c1-5-22-15(21)12-9(3)10(6-16)14(23-12)18-13(20)11-8(2)7-17-19(11)4/h7H,5H2,1-4H3,(H,18,20). The number of hydrogen-bond donors (Lipinski definition) is 1. The molecule has 2 rings (SSSR count). The van der Waals surface area contributed by atoms with Gasteiger partial charge in [-0.3, -0.25) is 9.48 Å². The molecule has 2 heterocycles. The Labute approximate surface area is 137 Å². The number of nitrogens with zero attached hydrogens (tertiary/aromatic N) is 3. The highest BCUT2D eigenvalue weighted by Gasteiger charge is 2.23. The van der Waals surface area contributed by atoms with E-state index in [0.717, 1.165) is 16.9 Å². The van der Waals surface area contributed by atoms with Crippen LogP contribution in [0.25, 0.3) is 0 Å². The SMILES string of the molecule is CCOC(=O)c1sc(NC(=O)c2c(C)cnn2C)c(C#N)c1C. The van der Waals surface area contributed by atoms with Gasteiger partial charge >= 0.3 is 5.97 Å². The number of aromatic nitrogens is 2. The lowest BCUT2D eigenvalue weighted by Gasteiger charge is -2.05. The van der Waals surface area contributed by atoms with Gasteiger partial charge in [-0.05, 0) is 31.9 Å². The lowest BCUT2D eigenvalue weighted by molar-refractivity contribution is 0.0531. The third-order valence-corrected chi connectivity index (χ3v) is 4.47. The van der Waals surface area contributed by atoms with Crippen LogP contribution in [0.3, 0.4) is 0 Å². The van der Waals surface area contributed by atoms with Crippen molar-refractivity contribution in [3.05, 3.63) is 33.5 Å². The van der Waals surface area contributed by atoms with E-state index in [9.17, 15) is 14.9 Å². The highest BCUT2D eigenvalue weighted by atomic mass is 32.1. The van der Waals surface area contributed by atoms with E-state index in [1.165, 1.54) is 4.68 Å². The zero-order valence-corrected chi connectivity index (χ0v) is 14.1. The van der Waals surface area contributed by atoms with Gasteiger partial charge in [0, 0.05) is 7.05 Å². The number of ether oxygens (including phenoxy) is 1. The quantitative estimate of drug-likeness (QED) is 0.867. The molecule has 0 radical (unpaired) electrons. The molecule has 0 aliphatic rings. The van der Waals surface area contributed by atoms with Crippen LogP contribution < -0.4 is 5.32 Å². The number of hydrogen-bond acceptors (Lipinski definition) is 6. The van der Waals surface area contributed by atoms with Gasteiger partial charge in [0.1, 0.15) is 21.6 Å². The van der Waals surface area contributed by atoms with Gasteiger partial charge in [0.25, 0.3) is 5.91 Å². The topological polar surface area (TPSA) is 97.0 Å². The highest BCUT2D eigenvalue weighted by molar-refractivity contribution is 7.18. The molecule has 0 atom stereocenters. The molecule has 23 heavy (non-hydrogen) atoms. The molecule has 2 aromatic rings. The number of aryl methyl sites for hydroxylation is 2. The summed E-state index contributed by atoms with van der Waals surface area (Å²) < 4.78 is 6.43. The van der Waals surface area contributed by atoms with Crippen LogP contribution in [0.2, 0.25) is 0 Å². The van der Waals surface area contributed by atoms with Crippen molar-refractivity contribution in [1.82, 2.24) is 9.78 Å². The molecular formula is C15H16N4O3S. The maximum absolute atomic E-state index is 12.4. The summed E-state index contributed by atoms with van der Waals surface area (Å²) in [6.07, 6.45) is 1.59. The van der Waals surface area contributed by atoms with Crippen molar-refractivity contribution >= 4 is 28.2 Å². The fraction of sp³-hybridized carbons (Fsp3) is 0.333. The Morgan fingerprint density at radius 2 is 2.17 bits per heavy atom. The van der Waals surface area contributed by atoms with E-state index >= 15 is 0 Å². The van der Waals surface area contributed by atoms with Crippen molar-refractivity contribution < 1.29 is 14.3 Å². The van der Waals surface area contributed by atoms with Crippen molar-refractivity contribution in [3.8, 4) is 6.07 Å². The Kier molecular flexibility index (Phi) is 4.81. The predicted octanol–water partition coefficient (Wildman–Crippen LogP) is 2.40. The first-order valence-electron chi connectivity index (χ1n) is 6.91. The molecule has 0 spiro atoms. The summed E-state index contributed by atoms with van der Waals surface area (Å²) in [4.78, 5) is 24.7. The maximum atomic E-state index is 12.4. The average molecular weight is 332 g/mol. The van der Waals surface area contributed by atoms with Gasteiger partial charge in [0.15, 0.2) is 0 Å². The summed E-state index contributed by atoms with van der Waals surface area (Å²) in [6, 6.07) is 2.03. The zero-order valence-electron chi connectivity index (χ0n) is 13.3. The lowest BCUT2D eigenvalue weighted by atomic mass is 10.1. The van der Waals surface area contributed by atoms with Crippen molar-refractivity contribution in [3.63, 3.8) is 0 Å². The summed E-state index contributed by atoms with van der Waals surface area (Å²) in [7, 11) is 1.66. The smallest absolute Gasteiger partial charge is 0.348 e. The van der Waals surface area contributed by atoms with Crippen LogP contribution in [0.4, 0.5) is 5.00 Å². The normalized spacial score (nSPS) is 10.2. The van der Waals surface area contributed by atoms with E-state index < -0.39 is 5.97 Å². The summed E-state index contributed by atoms with van der Waals surface area (Å²) in [5, 5.41) is 16.4. The molecular weight excluding hydrogens is 316 g/mol. The van der Waals surface area contributed by atoms with Crippen LogP contribution >= 0.6 is 11.3 Å². The highest BCUT2D eigenvalue weighted by Crippen LogP contribution is 2.33. The summed E-state index contributed by atoms with van der Waals surface area (Å²) in [6.45, 7) is 5.39. The zero-order chi connectivity index (χ0) is 17.1. The summed E-state index contributed by atoms with van der Waals surface area (Å²) in [5.74, 6) is -0.876. The second-order valence-electron chi connectivity index (χ2n) is 4.85. The van der Waals surface area contributed by atoms with Crippen molar-refractivity contribution in [2.24, 2.45) is 7.05 Å². The maximum Gasteiger partial charge on any atom is 0.348 e. The third-order valence-electron chi connectivity index (χ3n) is 3.28. The van der Waals surface area contributed by atoms with Crippen LogP contribution in [-0.4, -0.2) is 28.3 Å². The Bertz CT molecular complexity index is 794. The lowest BCUT2D eigenvalue weighted by Crippen LogP contribution is -2.17. The monoisotopic (exact) mass is 332 g/mol. The molecule has 1 amide bonds. The molecule has 7 nitrogen and oxygen atoms in total. The molecule has 0 aliphatic carbocycles. The average Bonchev–Trinajstić information content (AvgIpc) is 2.99. The number of anilines is 1. The van der Waals surface area contributed by atoms with Crippen LogP contribution in [0.15, 0.2) is 6.20 Å². The molecule has 8 heteroatoms. The minimum atomic E-state index is -0.497. The number of carbonyl (C=O) groups excluding carboxylic acids is 2. The van der Waals surface area contributed by atoms with Gasteiger partial charge in [0.05, 0.1) is 18.4 Å². The van der Waals surface area contributed by atoms with Gasteiger partial charge in [0.2, 0.25) is 0 Å². The third kappa shape index (κ3) is 3.10. The Morgan fingerprint density at radius 3 is 2.70 bits per heavy atom. The molecule has 0 saturated heterocycles. The van der Waals surface area contributed by atoms with E-state index in [4.69, 9.17) is 4.74 Å². The Balaban J connectivity index is 2.37. The fourth-order valence-electron chi connectivity index (χ4n) is 2.16.